The van der Waals surface area contributed by atoms with Crippen LogP contribution in [0.3, 0.4) is 0 Å². The van der Waals surface area contributed by atoms with E-state index in [1.807, 2.05) is 37.4 Å². The van der Waals surface area contributed by atoms with Crippen LogP contribution in [0.25, 0.3) is 22.3 Å². The molecule has 0 aliphatic rings. The Morgan fingerprint density at radius 3 is 3.00 bits per heavy atom. The number of hydrogen-bond donors (Lipinski definition) is 3. The van der Waals surface area contributed by atoms with Crippen LogP contribution in [0.4, 0.5) is 16.5 Å². The van der Waals surface area contributed by atoms with E-state index in [9.17, 15) is 4.79 Å². The Morgan fingerprint density at radius 2 is 2.16 bits per heavy atom. The number of rotatable bonds is 5. The second kappa shape index (κ2) is 7.82. The minimum Gasteiger partial charge on any atom is -0.340 e. The number of fused-ring (bicyclic) bond motifs is 1. The summed E-state index contributed by atoms with van der Waals surface area (Å²) in [7, 11) is 1.81. The summed E-state index contributed by atoms with van der Waals surface area (Å²) in [5.41, 5.74) is 3.33. The van der Waals surface area contributed by atoms with E-state index in [0.717, 1.165) is 22.2 Å². The van der Waals surface area contributed by atoms with Gasteiger partial charge < -0.3 is 15.2 Å². The Hall–Kier alpha value is -3.76. The summed E-state index contributed by atoms with van der Waals surface area (Å²) in [5, 5.41) is 14.9. The number of aromatic amines is 1. The molecule has 2 aromatic carbocycles. The molecule has 0 saturated heterocycles. The molecule has 0 bridgehead atoms. The maximum Gasteiger partial charge on any atom is 0.275 e. The molecule has 154 valence electrons. The summed E-state index contributed by atoms with van der Waals surface area (Å²) in [6.45, 7) is 0. The van der Waals surface area contributed by atoms with E-state index < -0.39 is 0 Å². The third-order valence-electron chi connectivity index (χ3n) is 4.54. The number of hydrogen-bond acceptors (Lipinski definition) is 7. The number of amides is 1. The van der Waals surface area contributed by atoms with Crippen LogP contribution in [0.5, 0.6) is 0 Å². The first-order chi connectivity index (χ1) is 15.1. The van der Waals surface area contributed by atoms with Crippen LogP contribution in [0.15, 0.2) is 55.1 Å². The zero-order valence-electron chi connectivity index (χ0n) is 16.1. The van der Waals surface area contributed by atoms with Crippen molar-refractivity contribution in [3.05, 3.63) is 65.8 Å². The van der Waals surface area contributed by atoms with Crippen molar-refractivity contribution in [2.24, 2.45) is 7.05 Å². The molecule has 5 aromatic rings. The molecule has 31 heavy (non-hydrogen) atoms. The zero-order chi connectivity index (χ0) is 21.4. The standard InChI is InChI=1S/C20H15ClN8OS/c1-29-9-16(22-10-29)19(30)24-12-4-2-3-11(7-12)18-26-20(31-28-18)25-15-6-5-14-13(17(15)21)8-23-27-14/h2-10H,1H3,(H,23,27)(H,24,30)(H,25,26,28). The Morgan fingerprint density at radius 1 is 1.26 bits per heavy atom. The average Bonchev–Trinajstić information content (AvgIpc) is 3.51. The highest BCUT2D eigenvalue weighted by Crippen LogP contribution is 2.33. The number of nitrogens with one attached hydrogen (secondary N) is 3. The van der Waals surface area contributed by atoms with Crippen LogP contribution < -0.4 is 10.6 Å². The normalized spacial score (nSPS) is 11.0. The predicted octanol–water partition coefficient (Wildman–Crippen LogP) is 4.46. The van der Waals surface area contributed by atoms with Crippen molar-refractivity contribution in [2.75, 3.05) is 10.6 Å². The van der Waals surface area contributed by atoms with E-state index in [0.29, 0.717) is 27.4 Å². The maximum absolute atomic E-state index is 12.3. The fraction of sp³-hybridized carbons (Fsp3) is 0.0500. The summed E-state index contributed by atoms with van der Waals surface area (Å²) < 4.78 is 6.14. The first kappa shape index (κ1) is 19.2. The molecule has 9 nitrogen and oxygen atoms in total. The molecule has 0 atom stereocenters. The monoisotopic (exact) mass is 450 g/mol. The number of aryl methyl sites for hydroxylation is 1. The number of nitrogens with zero attached hydrogens (tertiary/aromatic N) is 5. The van der Waals surface area contributed by atoms with Crippen molar-refractivity contribution in [1.29, 1.82) is 0 Å². The van der Waals surface area contributed by atoms with Gasteiger partial charge in [0.15, 0.2) is 5.82 Å². The van der Waals surface area contributed by atoms with Crippen molar-refractivity contribution < 1.29 is 4.79 Å². The van der Waals surface area contributed by atoms with Crippen LogP contribution in [-0.4, -0.2) is 35.0 Å². The molecule has 11 heteroatoms. The Labute approximate surface area is 185 Å². The number of anilines is 3. The molecule has 0 aliphatic carbocycles. The van der Waals surface area contributed by atoms with E-state index >= 15 is 0 Å². The third kappa shape index (κ3) is 3.86. The lowest BCUT2D eigenvalue weighted by Crippen LogP contribution is -2.12. The van der Waals surface area contributed by atoms with Crippen molar-refractivity contribution in [3.63, 3.8) is 0 Å². The highest BCUT2D eigenvalue weighted by Gasteiger charge is 2.13. The molecule has 0 saturated carbocycles. The van der Waals surface area contributed by atoms with E-state index in [1.165, 1.54) is 11.5 Å². The second-order valence-corrected chi connectivity index (χ2v) is 7.90. The van der Waals surface area contributed by atoms with Gasteiger partial charge in [0.2, 0.25) is 5.13 Å². The molecule has 0 spiro atoms. The average molecular weight is 451 g/mol. The molecule has 0 radical (unpaired) electrons. The van der Waals surface area contributed by atoms with Crippen LogP contribution in [0, 0.1) is 0 Å². The fourth-order valence-electron chi connectivity index (χ4n) is 3.05. The third-order valence-corrected chi connectivity index (χ3v) is 5.58. The van der Waals surface area contributed by atoms with Gasteiger partial charge in [-0.15, -0.1) is 0 Å². The van der Waals surface area contributed by atoms with Crippen molar-refractivity contribution >= 4 is 56.4 Å². The van der Waals surface area contributed by atoms with Gasteiger partial charge in [-0.2, -0.15) is 14.5 Å². The van der Waals surface area contributed by atoms with Crippen molar-refractivity contribution in [2.45, 2.75) is 0 Å². The lowest BCUT2D eigenvalue weighted by Gasteiger charge is -2.05. The molecule has 3 aromatic heterocycles. The topological polar surface area (TPSA) is 113 Å². The number of imidazole rings is 1. The van der Waals surface area contributed by atoms with Gasteiger partial charge in [-0.3, -0.25) is 9.89 Å². The van der Waals surface area contributed by atoms with Crippen molar-refractivity contribution in [1.82, 2.24) is 29.1 Å². The van der Waals surface area contributed by atoms with E-state index in [2.05, 4.69) is 35.2 Å². The first-order valence-corrected chi connectivity index (χ1v) is 10.3. The van der Waals surface area contributed by atoms with Crippen molar-refractivity contribution in [3.8, 4) is 11.4 Å². The lowest BCUT2D eigenvalue weighted by atomic mass is 10.2. The van der Waals surface area contributed by atoms with Crippen LogP contribution >= 0.6 is 23.1 Å². The predicted molar refractivity (Wildman–Crippen MR) is 121 cm³/mol. The highest BCUT2D eigenvalue weighted by atomic mass is 35.5. The number of H-pyrrole nitrogens is 1. The van der Waals surface area contributed by atoms with Gasteiger partial charge in [0, 0.05) is 41.4 Å². The maximum atomic E-state index is 12.3. The summed E-state index contributed by atoms with van der Waals surface area (Å²) >= 11 is 7.69. The van der Waals surface area contributed by atoms with Gasteiger partial charge in [-0.1, -0.05) is 23.7 Å². The second-order valence-electron chi connectivity index (χ2n) is 6.77. The lowest BCUT2D eigenvalue weighted by molar-refractivity contribution is 0.102. The quantitative estimate of drug-likeness (QED) is 0.364. The number of carbonyl (C=O) groups is 1. The van der Waals surface area contributed by atoms with E-state index in [1.54, 1.807) is 29.4 Å². The number of benzene rings is 2. The van der Waals surface area contributed by atoms with E-state index in [-0.39, 0.29) is 5.91 Å². The van der Waals surface area contributed by atoms with Gasteiger partial charge >= 0.3 is 0 Å². The molecule has 0 aliphatic heterocycles. The van der Waals surface area contributed by atoms with Crippen LogP contribution in [0.2, 0.25) is 5.02 Å². The first-order valence-electron chi connectivity index (χ1n) is 9.19. The minimum absolute atomic E-state index is 0.282. The van der Waals surface area contributed by atoms with Gasteiger partial charge in [-0.25, -0.2) is 4.98 Å². The number of aromatic nitrogens is 6. The molecule has 1 amide bonds. The van der Waals surface area contributed by atoms with Gasteiger partial charge in [0.05, 0.1) is 28.8 Å². The van der Waals surface area contributed by atoms with Crippen LogP contribution in [0.1, 0.15) is 10.5 Å². The zero-order valence-corrected chi connectivity index (χ0v) is 17.7. The molecule has 0 fully saturated rings. The number of halogens is 1. The Balaban J connectivity index is 1.35. The molecule has 0 unspecified atom stereocenters. The van der Waals surface area contributed by atoms with E-state index in [4.69, 9.17) is 11.6 Å². The molecule has 5 rings (SSSR count). The molecule has 3 heterocycles. The SMILES string of the molecule is Cn1cnc(C(=O)Nc2cccc(-c3nsc(Nc4ccc5[nH]ncc5c4Cl)n3)c2)c1. The summed E-state index contributed by atoms with van der Waals surface area (Å²) in [6, 6.07) is 11.1. The highest BCUT2D eigenvalue weighted by molar-refractivity contribution is 7.10. The summed E-state index contributed by atoms with van der Waals surface area (Å²) in [6.07, 6.45) is 4.92. The number of carbonyl (C=O) groups excluding carboxylic acids is 1. The molecular formula is C20H15ClN8OS. The molecular weight excluding hydrogens is 436 g/mol. The largest absolute Gasteiger partial charge is 0.340 e. The smallest absolute Gasteiger partial charge is 0.275 e. The Kier molecular flexibility index (Phi) is 4.85. The fourth-order valence-corrected chi connectivity index (χ4v) is 3.91. The van der Waals surface area contributed by atoms with Crippen LogP contribution in [-0.2, 0) is 7.05 Å². The summed E-state index contributed by atoms with van der Waals surface area (Å²) in [5.74, 6) is 0.262. The minimum atomic E-state index is -0.282. The van der Waals surface area contributed by atoms with Gasteiger partial charge in [0.25, 0.3) is 5.91 Å². The summed E-state index contributed by atoms with van der Waals surface area (Å²) in [4.78, 5) is 21.0. The molecule has 3 N–H and O–H groups in total. The van der Waals surface area contributed by atoms with Gasteiger partial charge in [0.1, 0.15) is 5.69 Å². The van der Waals surface area contributed by atoms with Gasteiger partial charge in [-0.05, 0) is 24.3 Å². The Bertz CT molecular complexity index is 1410.